The van der Waals surface area contributed by atoms with E-state index in [0.29, 0.717) is 0 Å². The summed E-state index contributed by atoms with van der Waals surface area (Å²) >= 11 is 1.64. The molecule has 0 saturated carbocycles. The van der Waals surface area contributed by atoms with Crippen LogP contribution >= 0.6 is 11.8 Å². The topological polar surface area (TPSA) is 44.1 Å². The monoisotopic (exact) mass is 266 g/mol. The van der Waals surface area contributed by atoms with Gasteiger partial charge in [0, 0.05) is 9.79 Å². The fourth-order valence-electron chi connectivity index (χ4n) is 2.12. The van der Waals surface area contributed by atoms with Crippen LogP contribution in [0.3, 0.4) is 0 Å². The van der Waals surface area contributed by atoms with E-state index in [9.17, 15) is 4.79 Å². The number of nitrogens with zero attached hydrogens (tertiary/aromatic N) is 2. The molecule has 1 heterocycles. The summed E-state index contributed by atoms with van der Waals surface area (Å²) in [7, 11) is 0. The highest BCUT2D eigenvalue weighted by Crippen LogP contribution is 2.47. The van der Waals surface area contributed by atoms with Crippen LogP contribution in [0.25, 0.3) is 0 Å². The molecule has 0 unspecified atom stereocenters. The number of para-hydroxylation sites is 2. The highest BCUT2D eigenvalue weighted by molar-refractivity contribution is 7.99. The summed E-state index contributed by atoms with van der Waals surface area (Å²) < 4.78 is 0. The first kappa shape index (κ1) is 11.8. The normalized spacial score (nSPS) is 12.3. The Morgan fingerprint density at radius 3 is 2.11 bits per heavy atom. The lowest BCUT2D eigenvalue weighted by atomic mass is 10.2. The van der Waals surface area contributed by atoms with Crippen molar-refractivity contribution < 1.29 is 4.79 Å². The van der Waals surface area contributed by atoms with Crippen molar-refractivity contribution in [3.8, 4) is 6.07 Å². The van der Waals surface area contributed by atoms with Crippen LogP contribution in [0.5, 0.6) is 0 Å². The predicted molar refractivity (Wildman–Crippen MR) is 74.4 cm³/mol. The van der Waals surface area contributed by atoms with Gasteiger partial charge in [0.2, 0.25) is 5.91 Å². The van der Waals surface area contributed by atoms with Gasteiger partial charge in [-0.1, -0.05) is 36.0 Å². The van der Waals surface area contributed by atoms with Crippen LogP contribution in [0, 0.1) is 11.3 Å². The summed E-state index contributed by atoms with van der Waals surface area (Å²) in [6, 6.07) is 17.4. The van der Waals surface area contributed by atoms with Crippen LogP contribution in [0.4, 0.5) is 11.4 Å². The van der Waals surface area contributed by atoms with Gasteiger partial charge < -0.3 is 0 Å². The van der Waals surface area contributed by atoms with Gasteiger partial charge in [0.15, 0.2) is 0 Å². The van der Waals surface area contributed by atoms with Gasteiger partial charge in [0.05, 0.1) is 17.4 Å². The van der Waals surface area contributed by atoms with Gasteiger partial charge in [0.25, 0.3) is 0 Å². The van der Waals surface area contributed by atoms with E-state index in [2.05, 4.69) is 0 Å². The Kier molecular flexibility index (Phi) is 2.98. The molecule has 0 spiro atoms. The van der Waals surface area contributed by atoms with Crippen molar-refractivity contribution in [2.75, 3.05) is 4.90 Å². The number of fused-ring (bicyclic) bond motifs is 2. The van der Waals surface area contributed by atoms with Gasteiger partial charge in [-0.2, -0.15) is 5.26 Å². The lowest BCUT2D eigenvalue weighted by molar-refractivity contribution is -0.117. The molecule has 1 amide bonds. The smallest absolute Gasteiger partial charge is 0.245 e. The number of amides is 1. The first-order valence-electron chi connectivity index (χ1n) is 5.87. The molecule has 0 saturated heterocycles. The maximum atomic E-state index is 12.2. The van der Waals surface area contributed by atoms with Gasteiger partial charge in [-0.25, -0.2) is 0 Å². The Hall–Kier alpha value is -2.25. The third kappa shape index (κ3) is 1.98. The molecule has 1 aliphatic heterocycles. The Morgan fingerprint density at radius 1 is 1.05 bits per heavy atom. The molecular weight excluding hydrogens is 256 g/mol. The molecule has 2 aromatic carbocycles. The van der Waals surface area contributed by atoms with Crippen molar-refractivity contribution in [1.29, 1.82) is 5.26 Å². The van der Waals surface area contributed by atoms with Crippen molar-refractivity contribution in [2.24, 2.45) is 0 Å². The number of hydrogen-bond donors (Lipinski definition) is 0. The molecule has 19 heavy (non-hydrogen) atoms. The molecule has 0 aromatic heterocycles. The van der Waals surface area contributed by atoms with E-state index in [1.54, 1.807) is 16.7 Å². The maximum absolute atomic E-state index is 12.2. The largest absolute Gasteiger partial charge is 0.278 e. The van der Waals surface area contributed by atoms with Gasteiger partial charge in [0.1, 0.15) is 6.42 Å². The second-order valence-corrected chi connectivity index (χ2v) is 5.19. The minimum absolute atomic E-state index is 0.118. The quantitative estimate of drug-likeness (QED) is 0.790. The molecule has 0 radical (unpaired) electrons. The molecular formula is C15H10N2OS. The lowest BCUT2D eigenvalue weighted by Crippen LogP contribution is -2.27. The summed E-state index contributed by atoms with van der Waals surface area (Å²) in [4.78, 5) is 15.9. The SMILES string of the molecule is N#CCC(=O)N1c2ccccc2Sc2ccccc21. The summed E-state index contributed by atoms with van der Waals surface area (Å²) in [6.07, 6.45) is -0.118. The zero-order valence-electron chi connectivity index (χ0n) is 10.0. The Morgan fingerprint density at radius 2 is 1.58 bits per heavy atom. The molecule has 3 rings (SSSR count). The van der Waals surface area contributed by atoms with Crippen molar-refractivity contribution in [1.82, 2.24) is 0 Å². The van der Waals surface area contributed by atoms with E-state index < -0.39 is 0 Å². The standard InChI is InChI=1S/C15H10N2OS/c16-10-9-15(18)17-11-5-1-3-7-13(11)19-14-8-4-2-6-12(14)17/h1-8H,9H2. The molecule has 2 aromatic rings. The van der Waals surface area contributed by atoms with E-state index in [4.69, 9.17) is 5.26 Å². The number of benzene rings is 2. The second kappa shape index (κ2) is 4.79. The van der Waals surface area contributed by atoms with Crippen molar-refractivity contribution in [3.63, 3.8) is 0 Å². The van der Waals surface area contributed by atoms with Gasteiger partial charge >= 0.3 is 0 Å². The highest BCUT2D eigenvalue weighted by Gasteiger charge is 2.27. The average molecular weight is 266 g/mol. The number of hydrogen-bond acceptors (Lipinski definition) is 3. The number of anilines is 2. The lowest BCUT2D eigenvalue weighted by Gasteiger charge is -2.30. The third-order valence-electron chi connectivity index (χ3n) is 2.91. The predicted octanol–water partition coefficient (Wildman–Crippen LogP) is 3.73. The Balaban J connectivity index is 2.17. The Labute approximate surface area is 115 Å². The van der Waals surface area contributed by atoms with Crippen LogP contribution in [0.15, 0.2) is 58.3 Å². The first-order chi connectivity index (χ1) is 9.31. The van der Waals surface area contributed by atoms with Crippen LogP contribution in [0.1, 0.15) is 6.42 Å². The number of nitriles is 1. The molecule has 4 heteroatoms. The molecule has 0 aliphatic carbocycles. The van der Waals surface area contributed by atoms with Crippen molar-refractivity contribution in [3.05, 3.63) is 48.5 Å². The molecule has 0 N–H and O–H groups in total. The second-order valence-electron chi connectivity index (χ2n) is 4.10. The summed E-state index contributed by atoms with van der Waals surface area (Å²) in [5.74, 6) is -0.192. The van der Waals surface area contributed by atoms with E-state index in [-0.39, 0.29) is 12.3 Å². The van der Waals surface area contributed by atoms with Crippen LogP contribution in [0.2, 0.25) is 0 Å². The fraction of sp³-hybridized carbons (Fsp3) is 0.0667. The molecule has 0 atom stereocenters. The van der Waals surface area contributed by atoms with Gasteiger partial charge in [-0.05, 0) is 24.3 Å². The van der Waals surface area contributed by atoms with E-state index in [1.807, 2.05) is 54.6 Å². The molecule has 92 valence electrons. The fourth-order valence-corrected chi connectivity index (χ4v) is 3.18. The third-order valence-corrected chi connectivity index (χ3v) is 4.04. The van der Waals surface area contributed by atoms with Gasteiger partial charge in [-0.15, -0.1) is 0 Å². The average Bonchev–Trinajstić information content (AvgIpc) is 2.44. The summed E-state index contributed by atoms with van der Waals surface area (Å²) in [6.45, 7) is 0. The van der Waals surface area contributed by atoms with E-state index >= 15 is 0 Å². The minimum Gasteiger partial charge on any atom is -0.278 e. The molecule has 3 nitrogen and oxygen atoms in total. The summed E-state index contributed by atoms with van der Waals surface area (Å²) in [5, 5.41) is 8.76. The number of rotatable bonds is 1. The van der Waals surface area contributed by atoms with E-state index in [1.165, 1.54) is 0 Å². The van der Waals surface area contributed by atoms with Crippen molar-refractivity contribution >= 4 is 29.0 Å². The highest BCUT2D eigenvalue weighted by atomic mass is 32.2. The zero-order valence-corrected chi connectivity index (χ0v) is 10.9. The number of carbonyl (C=O) groups is 1. The molecule has 0 bridgehead atoms. The van der Waals surface area contributed by atoms with Crippen LogP contribution < -0.4 is 4.90 Å². The molecule has 0 fully saturated rings. The zero-order chi connectivity index (χ0) is 13.2. The number of carbonyl (C=O) groups excluding carboxylic acids is 1. The Bertz CT molecular complexity index is 645. The van der Waals surface area contributed by atoms with Crippen LogP contribution in [-0.4, -0.2) is 5.91 Å². The van der Waals surface area contributed by atoms with Crippen molar-refractivity contribution in [2.45, 2.75) is 16.2 Å². The van der Waals surface area contributed by atoms with Gasteiger partial charge in [-0.3, -0.25) is 9.69 Å². The maximum Gasteiger partial charge on any atom is 0.245 e. The molecule has 1 aliphatic rings. The minimum atomic E-state index is -0.192. The summed E-state index contributed by atoms with van der Waals surface area (Å²) in [5.41, 5.74) is 1.71. The van der Waals surface area contributed by atoms with Crippen LogP contribution in [-0.2, 0) is 4.79 Å². The first-order valence-corrected chi connectivity index (χ1v) is 6.69. The van der Waals surface area contributed by atoms with E-state index in [0.717, 1.165) is 21.2 Å².